The molecule has 1 aliphatic rings. The topological polar surface area (TPSA) is 20.3 Å². The Morgan fingerprint density at radius 2 is 1.90 bits per heavy atom. The van der Waals surface area contributed by atoms with Crippen molar-refractivity contribution in [3.8, 4) is 0 Å². The van der Waals surface area contributed by atoms with E-state index in [1.54, 1.807) is 17.0 Å². The van der Waals surface area contributed by atoms with Gasteiger partial charge in [0.25, 0.3) is 0 Å². The molecule has 102 valence electrons. The highest BCUT2D eigenvalue weighted by atomic mass is 35.5. The summed E-state index contributed by atoms with van der Waals surface area (Å²) in [7, 11) is 0. The van der Waals surface area contributed by atoms with Gasteiger partial charge in [-0.3, -0.25) is 9.69 Å². The Bertz CT molecular complexity index is 629. The number of amides is 1. The third-order valence-corrected chi connectivity index (χ3v) is 4.65. The van der Waals surface area contributed by atoms with Gasteiger partial charge in [-0.05, 0) is 24.3 Å². The van der Waals surface area contributed by atoms with Gasteiger partial charge in [-0.1, -0.05) is 35.9 Å². The van der Waals surface area contributed by atoms with Crippen molar-refractivity contribution in [2.24, 2.45) is 0 Å². The summed E-state index contributed by atoms with van der Waals surface area (Å²) in [5, 5.41) is -0.0725. The fraction of sp³-hybridized carbons (Fsp3) is 0.133. The second-order valence-electron chi connectivity index (χ2n) is 4.40. The minimum atomic E-state index is -0.418. The van der Waals surface area contributed by atoms with E-state index in [0.29, 0.717) is 16.3 Å². The van der Waals surface area contributed by atoms with E-state index in [4.69, 9.17) is 11.6 Å². The van der Waals surface area contributed by atoms with Gasteiger partial charge in [0.1, 0.15) is 11.2 Å². The second-order valence-corrected chi connectivity index (χ2v) is 5.87. The first kappa shape index (κ1) is 13.5. The summed E-state index contributed by atoms with van der Waals surface area (Å²) < 4.78 is 14.1. The zero-order chi connectivity index (χ0) is 14.1. The van der Waals surface area contributed by atoms with Gasteiger partial charge in [-0.25, -0.2) is 4.39 Å². The molecule has 0 aromatic heterocycles. The van der Waals surface area contributed by atoms with E-state index < -0.39 is 5.37 Å². The van der Waals surface area contributed by atoms with E-state index in [-0.39, 0.29) is 11.7 Å². The number of carbonyl (C=O) groups excluding carboxylic acids is 1. The molecule has 2 aromatic rings. The van der Waals surface area contributed by atoms with Crippen molar-refractivity contribution in [1.82, 2.24) is 0 Å². The lowest BCUT2D eigenvalue weighted by atomic mass is 10.1. The van der Waals surface area contributed by atoms with Crippen molar-refractivity contribution in [1.29, 1.82) is 0 Å². The van der Waals surface area contributed by atoms with Crippen LogP contribution >= 0.6 is 23.4 Å². The first-order chi connectivity index (χ1) is 9.68. The summed E-state index contributed by atoms with van der Waals surface area (Å²) in [4.78, 5) is 13.7. The molecule has 20 heavy (non-hydrogen) atoms. The molecule has 1 aliphatic heterocycles. The third kappa shape index (κ3) is 2.30. The standard InChI is InChI=1S/C15H11ClFNOS/c16-11-7-4-8-12(17)14(11)15-18(13(19)9-20-15)10-5-2-1-3-6-10/h1-8,15H,9H2. The Morgan fingerprint density at radius 1 is 1.15 bits per heavy atom. The van der Waals surface area contributed by atoms with Gasteiger partial charge < -0.3 is 0 Å². The zero-order valence-corrected chi connectivity index (χ0v) is 12.0. The van der Waals surface area contributed by atoms with Crippen molar-refractivity contribution in [3.05, 3.63) is 64.9 Å². The van der Waals surface area contributed by atoms with Gasteiger partial charge in [-0.2, -0.15) is 0 Å². The van der Waals surface area contributed by atoms with Crippen molar-refractivity contribution in [2.75, 3.05) is 10.7 Å². The number of thioether (sulfide) groups is 1. The molecular formula is C15H11ClFNOS. The predicted octanol–water partition coefficient (Wildman–Crippen LogP) is 4.26. The molecule has 1 heterocycles. The molecule has 1 unspecified atom stereocenters. The summed E-state index contributed by atoms with van der Waals surface area (Å²) in [5.74, 6) is -0.0966. The Hall–Kier alpha value is -1.52. The highest BCUT2D eigenvalue weighted by Crippen LogP contribution is 2.44. The largest absolute Gasteiger partial charge is 0.295 e. The average Bonchev–Trinajstić information content (AvgIpc) is 2.81. The number of nitrogens with zero attached hydrogens (tertiary/aromatic N) is 1. The van der Waals surface area contributed by atoms with Crippen molar-refractivity contribution in [3.63, 3.8) is 0 Å². The summed E-state index contributed by atoms with van der Waals surface area (Å²) in [5.41, 5.74) is 1.13. The molecule has 2 aromatic carbocycles. The minimum absolute atomic E-state index is 0.0366. The lowest BCUT2D eigenvalue weighted by Gasteiger charge is -2.25. The number of anilines is 1. The van der Waals surface area contributed by atoms with Gasteiger partial charge in [0.15, 0.2) is 0 Å². The summed E-state index contributed by atoms with van der Waals surface area (Å²) in [6, 6.07) is 13.8. The zero-order valence-electron chi connectivity index (χ0n) is 10.4. The van der Waals surface area contributed by atoms with Crippen LogP contribution in [-0.4, -0.2) is 11.7 Å². The van der Waals surface area contributed by atoms with Crippen LogP contribution < -0.4 is 4.90 Å². The van der Waals surface area contributed by atoms with Gasteiger partial charge in [0.05, 0.1) is 5.75 Å². The molecule has 0 aliphatic carbocycles. The quantitative estimate of drug-likeness (QED) is 0.826. The molecule has 1 atom stereocenters. The number of hydrogen-bond donors (Lipinski definition) is 0. The maximum Gasteiger partial charge on any atom is 0.238 e. The van der Waals surface area contributed by atoms with E-state index in [2.05, 4.69) is 0 Å². The van der Waals surface area contributed by atoms with E-state index in [9.17, 15) is 9.18 Å². The van der Waals surface area contributed by atoms with Crippen LogP contribution in [0.15, 0.2) is 48.5 Å². The number of halogens is 2. The molecule has 2 nitrogen and oxygen atoms in total. The molecule has 0 N–H and O–H groups in total. The highest BCUT2D eigenvalue weighted by molar-refractivity contribution is 8.00. The maximum absolute atomic E-state index is 14.1. The summed E-state index contributed by atoms with van der Waals surface area (Å²) in [6.07, 6.45) is 0. The van der Waals surface area contributed by atoms with Gasteiger partial charge in [0.2, 0.25) is 5.91 Å². The van der Waals surface area contributed by atoms with Crippen LogP contribution in [0.3, 0.4) is 0 Å². The van der Waals surface area contributed by atoms with Crippen molar-refractivity contribution >= 4 is 35.0 Å². The Labute approximate surface area is 125 Å². The van der Waals surface area contributed by atoms with Crippen molar-refractivity contribution < 1.29 is 9.18 Å². The number of benzene rings is 2. The second kappa shape index (κ2) is 5.46. The molecule has 0 saturated carbocycles. The van der Waals surface area contributed by atoms with Crippen LogP contribution in [0.4, 0.5) is 10.1 Å². The van der Waals surface area contributed by atoms with E-state index in [1.165, 1.54) is 17.8 Å². The molecule has 0 radical (unpaired) electrons. The number of para-hydroxylation sites is 1. The molecule has 1 amide bonds. The molecule has 1 saturated heterocycles. The predicted molar refractivity (Wildman–Crippen MR) is 80.5 cm³/mol. The lowest BCUT2D eigenvalue weighted by Crippen LogP contribution is -2.28. The molecule has 5 heteroatoms. The van der Waals surface area contributed by atoms with Crippen LogP contribution in [0.25, 0.3) is 0 Å². The first-order valence-electron chi connectivity index (χ1n) is 6.11. The van der Waals surface area contributed by atoms with E-state index >= 15 is 0 Å². The maximum atomic E-state index is 14.1. The van der Waals surface area contributed by atoms with Crippen LogP contribution in [0.2, 0.25) is 5.02 Å². The lowest BCUT2D eigenvalue weighted by molar-refractivity contribution is -0.115. The molecular weight excluding hydrogens is 297 g/mol. The van der Waals surface area contributed by atoms with Crippen molar-refractivity contribution in [2.45, 2.75) is 5.37 Å². The number of hydrogen-bond acceptors (Lipinski definition) is 2. The van der Waals surface area contributed by atoms with Crippen LogP contribution in [0.1, 0.15) is 10.9 Å². The minimum Gasteiger partial charge on any atom is -0.295 e. The monoisotopic (exact) mass is 307 g/mol. The van der Waals surface area contributed by atoms with Crippen LogP contribution in [0, 0.1) is 5.82 Å². The Balaban J connectivity index is 2.07. The molecule has 1 fully saturated rings. The smallest absolute Gasteiger partial charge is 0.238 e. The molecule has 0 bridgehead atoms. The average molecular weight is 308 g/mol. The summed E-state index contributed by atoms with van der Waals surface area (Å²) in [6.45, 7) is 0. The molecule has 0 spiro atoms. The first-order valence-corrected chi connectivity index (χ1v) is 7.54. The Kier molecular flexibility index (Phi) is 3.68. The van der Waals surface area contributed by atoms with Crippen LogP contribution in [0.5, 0.6) is 0 Å². The van der Waals surface area contributed by atoms with E-state index in [0.717, 1.165) is 5.69 Å². The normalized spacial score (nSPS) is 18.6. The van der Waals surface area contributed by atoms with Gasteiger partial charge in [-0.15, -0.1) is 11.8 Å². The third-order valence-electron chi connectivity index (χ3n) is 3.15. The fourth-order valence-electron chi connectivity index (χ4n) is 2.25. The highest BCUT2D eigenvalue weighted by Gasteiger charge is 2.36. The van der Waals surface area contributed by atoms with E-state index in [1.807, 2.05) is 30.3 Å². The SMILES string of the molecule is O=C1CSC(c2c(F)cccc2Cl)N1c1ccccc1. The molecule has 3 rings (SSSR count). The number of carbonyl (C=O) groups is 1. The van der Waals surface area contributed by atoms with Gasteiger partial charge >= 0.3 is 0 Å². The summed E-state index contributed by atoms with van der Waals surface area (Å²) >= 11 is 7.51. The number of rotatable bonds is 2. The van der Waals surface area contributed by atoms with Gasteiger partial charge in [0, 0.05) is 16.3 Å². The van der Waals surface area contributed by atoms with Crippen LogP contribution in [-0.2, 0) is 4.79 Å². The Morgan fingerprint density at radius 3 is 2.60 bits per heavy atom. The fourth-order valence-corrected chi connectivity index (χ4v) is 3.82.